The average Bonchev–Trinajstić information content (AvgIpc) is 2.79. The summed E-state index contributed by atoms with van der Waals surface area (Å²) < 4.78 is 0. The van der Waals surface area contributed by atoms with Gasteiger partial charge >= 0.3 is 0 Å². The van der Waals surface area contributed by atoms with Crippen molar-refractivity contribution >= 4 is 11.6 Å². The van der Waals surface area contributed by atoms with E-state index in [2.05, 4.69) is 0 Å². The van der Waals surface area contributed by atoms with Crippen LogP contribution in [-0.2, 0) is 12.8 Å². The summed E-state index contributed by atoms with van der Waals surface area (Å²) in [5, 5.41) is 32.2. The smallest absolute Gasteiger partial charge is 0.166 e. The molecule has 0 aliphatic carbocycles. The molecule has 0 saturated heterocycles. The number of carbonyl (C=O) groups excluding carboxylic acids is 2. The van der Waals surface area contributed by atoms with Crippen LogP contribution in [0.15, 0.2) is 54.6 Å². The first-order chi connectivity index (χ1) is 15.9. The fraction of sp³-hybridized carbons (Fsp3) is 0.286. The Labute approximate surface area is 194 Å². The lowest BCUT2D eigenvalue weighted by Gasteiger charge is -2.14. The van der Waals surface area contributed by atoms with Gasteiger partial charge in [0.1, 0.15) is 17.2 Å². The summed E-state index contributed by atoms with van der Waals surface area (Å²) in [7, 11) is 0. The van der Waals surface area contributed by atoms with Crippen LogP contribution < -0.4 is 0 Å². The molecule has 3 aromatic carbocycles. The molecule has 0 saturated carbocycles. The minimum absolute atomic E-state index is 0.0551. The molecule has 5 nitrogen and oxygen atoms in total. The molecule has 5 heteroatoms. The highest BCUT2D eigenvalue weighted by Gasteiger charge is 2.18. The van der Waals surface area contributed by atoms with Crippen LogP contribution in [0.25, 0.3) is 0 Å². The third kappa shape index (κ3) is 5.43. The summed E-state index contributed by atoms with van der Waals surface area (Å²) in [5.74, 6) is -0.265. The molecule has 0 spiro atoms. The molecule has 3 rings (SSSR count). The maximum Gasteiger partial charge on any atom is 0.166 e. The largest absolute Gasteiger partial charge is 0.507 e. The van der Waals surface area contributed by atoms with Crippen LogP contribution in [0.3, 0.4) is 0 Å². The number of para-hydroxylation sites is 3. The molecule has 3 aromatic rings. The summed E-state index contributed by atoms with van der Waals surface area (Å²) in [6.45, 7) is 3.82. The minimum atomic E-state index is -0.109. The molecule has 0 amide bonds. The number of hydrogen-bond donors (Lipinski definition) is 3. The van der Waals surface area contributed by atoms with Gasteiger partial charge in [0.25, 0.3) is 0 Å². The van der Waals surface area contributed by atoms with Crippen LogP contribution in [0.1, 0.15) is 82.5 Å². The van der Waals surface area contributed by atoms with Gasteiger partial charge in [-0.25, -0.2) is 0 Å². The molecule has 0 bridgehead atoms. The molecule has 0 fully saturated rings. The Balaban J connectivity index is 1.89. The van der Waals surface area contributed by atoms with Gasteiger partial charge in [-0.15, -0.1) is 0 Å². The topological polar surface area (TPSA) is 94.8 Å². The number of rotatable bonds is 10. The number of phenols is 3. The summed E-state index contributed by atoms with van der Waals surface area (Å²) in [6.07, 6.45) is 2.62. The van der Waals surface area contributed by atoms with Crippen molar-refractivity contribution < 1.29 is 24.9 Å². The summed E-state index contributed by atoms with van der Waals surface area (Å²) in [4.78, 5) is 24.6. The van der Waals surface area contributed by atoms with E-state index in [1.165, 1.54) is 0 Å². The van der Waals surface area contributed by atoms with Gasteiger partial charge in [0.15, 0.2) is 11.6 Å². The Morgan fingerprint density at radius 2 is 0.909 bits per heavy atom. The highest BCUT2D eigenvalue weighted by Crippen LogP contribution is 2.33. The standard InChI is InChI=1S/C28H30O5/c1-3-8-24(29)22-14-6-12-20(27(22)32)16-18-10-5-11-19(26(18)31)17-21-13-7-15-23(28(21)33)25(30)9-4-2/h5-7,10-15,31-33H,3-4,8-9,16-17H2,1-2H3. The number of benzene rings is 3. The van der Waals surface area contributed by atoms with E-state index in [0.717, 1.165) is 0 Å². The number of hydrogen-bond acceptors (Lipinski definition) is 5. The minimum Gasteiger partial charge on any atom is -0.507 e. The van der Waals surface area contributed by atoms with E-state index in [1.54, 1.807) is 54.6 Å². The van der Waals surface area contributed by atoms with Crippen molar-refractivity contribution in [3.8, 4) is 17.2 Å². The Morgan fingerprint density at radius 3 is 1.27 bits per heavy atom. The van der Waals surface area contributed by atoms with Crippen LogP contribution in [0, 0.1) is 0 Å². The Morgan fingerprint density at radius 1 is 0.576 bits per heavy atom. The first-order valence-corrected chi connectivity index (χ1v) is 11.3. The van der Waals surface area contributed by atoms with E-state index < -0.39 is 0 Å². The Hall–Kier alpha value is -3.60. The first kappa shape index (κ1) is 24.1. The average molecular weight is 447 g/mol. The normalized spacial score (nSPS) is 10.8. The van der Waals surface area contributed by atoms with Gasteiger partial charge < -0.3 is 15.3 Å². The third-order valence-electron chi connectivity index (χ3n) is 5.76. The quantitative estimate of drug-likeness (QED) is 0.335. The van der Waals surface area contributed by atoms with Crippen molar-refractivity contribution in [2.75, 3.05) is 0 Å². The van der Waals surface area contributed by atoms with Gasteiger partial charge in [0.2, 0.25) is 0 Å². The van der Waals surface area contributed by atoms with Crippen molar-refractivity contribution in [3.63, 3.8) is 0 Å². The van der Waals surface area contributed by atoms with E-state index >= 15 is 0 Å². The lowest BCUT2D eigenvalue weighted by atomic mass is 9.94. The van der Waals surface area contributed by atoms with Crippen LogP contribution >= 0.6 is 0 Å². The molecule has 0 heterocycles. The van der Waals surface area contributed by atoms with Gasteiger partial charge in [-0.2, -0.15) is 0 Å². The molecule has 0 radical (unpaired) electrons. The number of Topliss-reactive ketones (excluding diaryl/α,β-unsaturated/α-hetero) is 2. The molecule has 0 aromatic heterocycles. The molecule has 0 aliphatic heterocycles. The predicted molar refractivity (Wildman–Crippen MR) is 128 cm³/mol. The van der Waals surface area contributed by atoms with Gasteiger partial charge in [0, 0.05) is 25.7 Å². The second-order valence-corrected chi connectivity index (χ2v) is 8.25. The zero-order chi connectivity index (χ0) is 24.0. The summed E-state index contributed by atoms with van der Waals surface area (Å²) >= 11 is 0. The van der Waals surface area contributed by atoms with Crippen LogP contribution in [-0.4, -0.2) is 26.9 Å². The Bertz CT molecular complexity index is 1080. The lowest BCUT2D eigenvalue weighted by molar-refractivity contribution is 0.0970. The molecule has 0 aliphatic rings. The molecule has 172 valence electrons. The fourth-order valence-electron chi connectivity index (χ4n) is 3.98. The zero-order valence-corrected chi connectivity index (χ0v) is 19.1. The van der Waals surface area contributed by atoms with Gasteiger partial charge in [0.05, 0.1) is 11.1 Å². The van der Waals surface area contributed by atoms with E-state index in [1.807, 2.05) is 13.8 Å². The van der Waals surface area contributed by atoms with Crippen molar-refractivity contribution in [1.29, 1.82) is 0 Å². The number of ketones is 2. The van der Waals surface area contributed by atoms with Crippen LogP contribution in [0.5, 0.6) is 17.2 Å². The number of carbonyl (C=O) groups is 2. The van der Waals surface area contributed by atoms with E-state index in [9.17, 15) is 24.9 Å². The molecular formula is C28H30O5. The first-order valence-electron chi connectivity index (χ1n) is 11.3. The fourth-order valence-corrected chi connectivity index (χ4v) is 3.98. The SMILES string of the molecule is CCCC(=O)c1cccc(Cc2cccc(Cc3cccc(C(=O)CCC)c3O)c2O)c1O. The van der Waals surface area contributed by atoms with Crippen molar-refractivity contribution in [2.24, 2.45) is 0 Å². The maximum atomic E-state index is 12.3. The maximum absolute atomic E-state index is 12.3. The predicted octanol–water partition coefficient (Wildman–Crippen LogP) is 5.95. The Kier molecular flexibility index (Phi) is 7.88. The number of aromatic hydroxyl groups is 3. The van der Waals surface area contributed by atoms with E-state index in [0.29, 0.717) is 59.1 Å². The molecule has 3 N–H and O–H groups in total. The van der Waals surface area contributed by atoms with E-state index in [4.69, 9.17) is 0 Å². The van der Waals surface area contributed by atoms with Crippen molar-refractivity contribution in [2.45, 2.75) is 52.4 Å². The van der Waals surface area contributed by atoms with Gasteiger partial charge in [-0.05, 0) is 47.2 Å². The number of phenolic OH excluding ortho intramolecular Hbond substituents is 3. The van der Waals surface area contributed by atoms with Gasteiger partial charge in [-0.1, -0.05) is 56.3 Å². The second-order valence-electron chi connectivity index (χ2n) is 8.25. The molecule has 0 unspecified atom stereocenters. The summed E-state index contributed by atoms with van der Waals surface area (Å²) in [5.41, 5.74) is 2.90. The highest BCUT2D eigenvalue weighted by atomic mass is 16.3. The zero-order valence-electron chi connectivity index (χ0n) is 19.1. The lowest BCUT2D eigenvalue weighted by Crippen LogP contribution is -2.02. The van der Waals surface area contributed by atoms with Crippen molar-refractivity contribution in [1.82, 2.24) is 0 Å². The monoisotopic (exact) mass is 446 g/mol. The van der Waals surface area contributed by atoms with E-state index in [-0.39, 0.29) is 41.7 Å². The highest BCUT2D eigenvalue weighted by molar-refractivity contribution is 5.99. The third-order valence-corrected chi connectivity index (χ3v) is 5.76. The molecular weight excluding hydrogens is 416 g/mol. The molecule has 0 atom stereocenters. The summed E-state index contributed by atoms with van der Waals surface area (Å²) in [6, 6.07) is 15.5. The van der Waals surface area contributed by atoms with Crippen molar-refractivity contribution in [3.05, 3.63) is 88.0 Å². The van der Waals surface area contributed by atoms with Crippen LogP contribution in [0.2, 0.25) is 0 Å². The molecule has 33 heavy (non-hydrogen) atoms. The van der Waals surface area contributed by atoms with Crippen LogP contribution in [0.4, 0.5) is 0 Å². The van der Waals surface area contributed by atoms with Gasteiger partial charge in [-0.3, -0.25) is 9.59 Å². The second kappa shape index (κ2) is 10.8.